The van der Waals surface area contributed by atoms with Crippen LogP contribution in [-0.2, 0) is 7.05 Å². The van der Waals surface area contributed by atoms with Gasteiger partial charge in [0.1, 0.15) is 0 Å². The summed E-state index contributed by atoms with van der Waals surface area (Å²) in [5, 5.41) is 7.58. The van der Waals surface area contributed by atoms with Gasteiger partial charge in [0, 0.05) is 18.8 Å². The van der Waals surface area contributed by atoms with Crippen molar-refractivity contribution in [1.82, 2.24) is 20.0 Å². The highest BCUT2D eigenvalue weighted by molar-refractivity contribution is 5.12. The Balaban J connectivity index is 3.04. The number of hydrogen-bond acceptors (Lipinski definition) is 3. The lowest BCUT2D eigenvalue weighted by Gasteiger charge is -2.40. The maximum absolute atomic E-state index is 4.22. The quantitative estimate of drug-likeness (QED) is 0.805. The van der Waals surface area contributed by atoms with E-state index in [-0.39, 0.29) is 11.6 Å². The number of aromatic nitrogens is 2. The Kier molecular flexibility index (Phi) is 3.52. The molecule has 0 aliphatic rings. The zero-order valence-corrected chi connectivity index (χ0v) is 10.6. The first-order valence-electron chi connectivity index (χ1n) is 5.24. The third-order valence-corrected chi connectivity index (χ3v) is 3.30. The minimum atomic E-state index is 0.0442. The molecule has 1 aromatic rings. The van der Waals surface area contributed by atoms with E-state index in [1.54, 1.807) is 0 Å². The van der Waals surface area contributed by atoms with Crippen LogP contribution in [0.4, 0.5) is 0 Å². The van der Waals surface area contributed by atoms with Crippen molar-refractivity contribution < 1.29 is 0 Å². The molecule has 86 valence electrons. The molecular formula is C11H22N4. The fourth-order valence-electron chi connectivity index (χ4n) is 1.79. The second-order valence-corrected chi connectivity index (χ2v) is 4.65. The molecule has 0 fully saturated rings. The third-order valence-electron chi connectivity index (χ3n) is 3.30. The molecule has 0 radical (unpaired) electrons. The maximum Gasteiger partial charge on any atom is 0.0670 e. The van der Waals surface area contributed by atoms with Gasteiger partial charge in [0.15, 0.2) is 0 Å². The van der Waals surface area contributed by atoms with Crippen molar-refractivity contribution in [2.75, 3.05) is 21.1 Å². The Bertz CT molecular complexity index is 314. The van der Waals surface area contributed by atoms with E-state index in [1.165, 1.54) is 5.69 Å². The summed E-state index contributed by atoms with van der Waals surface area (Å²) in [6.45, 7) is 4.45. The summed E-state index contributed by atoms with van der Waals surface area (Å²) in [6.07, 6.45) is 1.84. The molecule has 0 saturated heterocycles. The first-order chi connectivity index (χ1) is 6.91. The fourth-order valence-corrected chi connectivity index (χ4v) is 1.79. The molecule has 0 aromatic carbocycles. The van der Waals surface area contributed by atoms with Crippen molar-refractivity contribution in [3.05, 3.63) is 18.0 Å². The lowest BCUT2D eigenvalue weighted by atomic mass is 9.90. The zero-order valence-electron chi connectivity index (χ0n) is 10.6. The SMILES string of the molecule is CNC(c1ccnn1C)C(C)(C)N(C)C. The van der Waals surface area contributed by atoms with Gasteiger partial charge >= 0.3 is 0 Å². The molecule has 0 bridgehead atoms. The van der Waals surface area contributed by atoms with Gasteiger partial charge in [0.25, 0.3) is 0 Å². The second-order valence-electron chi connectivity index (χ2n) is 4.65. The Hall–Kier alpha value is -0.870. The number of aryl methyl sites for hydroxylation is 1. The summed E-state index contributed by atoms with van der Waals surface area (Å²) in [5.74, 6) is 0. The van der Waals surface area contributed by atoms with Gasteiger partial charge in [0.05, 0.1) is 11.7 Å². The number of nitrogens with zero attached hydrogens (tertiary/aromatic N) is 3. The van der Waals surface area contributed by atoms with E-state index in [9.17, 15) is 0 Å². The Morgan fingerprint density at radius 2 is 2.07 bits per heavy atom. The predicted molar refractivity (Wildman–Crippen MR) is 62.8 cm³/mol. The van der Waals surface area contributed by atoms with E-state index in [4.69, 9.17) is 0 Å². The van der Waals surface area contributed by atoms with Crippen molar-refractivity contribution in [3.8, 4) is 0 Å². The van der Waals surface area contributed by atoms with Crippen LogP contribution in [0.25, 0.3) is 0 Å². The van der Waals surface area contributed by atoms with Gasteiger partial charge in [-0.1, -0.05) is 0 Å². The topological polar surface area (TPSA) is 33.1 Å². The van der Waals surface area contributed by atoms with E-state index >= 15 is 0 Å². The molecule has 0 amide bonds. The summed E-state index contributed by atoms with van der Waals surface area (Å²) in [7, 11) is 8.16. The van der Waals surface area contributed by atoms with Crippen molar-refractivity contribution in [3.63, 3.8) is 0 Å². The van der Waals surface area contributed by atoms with Gasteiger partial charge in [-0.25, -0.2) is 0 Å². The van der Waals surface area contributed by atoms with Gasteiger partial charge < -0.3 is 10.2 Å². The van der Waals surface area contributed by atoms with Gasteiger partial charge in [-0.2, -0.15) is 5.10 Å². The Morgan fingerprint density at radius 3 is 2.40 bits per heavy atom. The van der Waals surface area contributed by atoms with Gasteiger partial charge in [-0.05, 0) is 41.1 Å². The largest absolute Gasteiger partial charge is 0.310 e. The third kappa shape index (κ3) is 2.21. The molecular weight excluding hydrogens is 188 g/mol. The number of rotatable bonds is 4. The normalized spacial score (nSPS) is 14.6. The number of likely N-dealkylation sites (N-methyl/N-ethyl adjacent to an activating group) is 2. The van der Waals surface area contributed by atoms with Crippen LogP contribution in [0.2, 0.25) is 0 Å². The average molecular weight is 210 g/mol. The van der Waals surface area contributed by atoms with E-state index in [0.29, 0.717) is 0 Å². The Labute approximate surface area is 92.3 Å². The molecule has 0 spiro atoms. The van der Waals surface area contributed by atoms with E-state index in [1.807, 2.05) is 25.0 Å². The molecule has 15 heavy (non-hydrogen) atoms. The summed E-state index contributed by atoms with van der Waals surface area (Å²) < 4.78 is 1.92. The maximum atomic E-state index is 4.22. The van der Waals surface area contributed by atoms with Crippen LogP contribution in [0.15, 0.2) is 12.3 Å². The van der Waals surface area contributed by atoms with Crippen molar-refractivity contribution in [2.24, 2.45) is 7.05 Å². The first-order valence-corrected chi connectivity index (χ1v) is 5.24. The molecule has 1 unspecified atom stereocenters. The summed E-state index contributed by atoms with van der Waals surface area (Å²) in [4.78, 5) is 2.22. The van der Waals surface area contributed by atoms with Crippen LogP contribution >= 0.6 is 0 Å². The van der Waals surface area contributed by atoms with Gasteiger partial charge in [0.2, 0.25) is 0 Å². The fraction of sp³-hybridized carbons (Fsp3) is 0.727. The lowest BCUT2D eigenvalue weighted by molar-refractivity contribution is 0.138. The minimum absolute atomic E-state index is 0.0442. The van der Waals surface area contributed by atoms with Crippen molar-refractivity contribution in [2.45, 2.75) is 25.4 Å². The minimum Gasteiger partial charge on any atom is -0.310 e. The van der Waals surface area contributed by atoms with Crippen molar-refractivity contribution in [1.29, 1.82) is 0 Å². The van der Waals surface area contributed by atoms with Crippen LogP contribution in [-0.4, -0.2) is 41.4 Å². The highest BCUT2D eigenvalue weighted by atomic mass is 15.3. The summed E-state index contributed by atoms with van der Waals surface area (Å²) >= 11 is 0. The molecule has 0 aliphatic heterocycles. The predicted octanol–water partition coefficient (Wildman–Crippen LogP) is 1.02. The monoisotopic (exact) mass is 210 g/mol. The van der Waals surface area contributed by atoms with Crippen molar-refractivity contribution >= 4 is 0 Å². The Morgan fingerprint density at radius 1 is 1.47 bits per heavy atom. The first kappa shape index (κ1) is 12.2. The number of hydrogen-bond donors (Lipinski definition) is 1. The van der Waals surface area contributed by atoms with Crippen LogP contribution < -0.4 is 5.32 Å². The average Bonchev–Trinajstić information content (AvgIpc) is 2.53. The molecule has 0 saturated carbocycles. The standard InChI is InChI=1S/C11H22N4/c1-11(2,14(4)5)10(12-3)9-7-8-13-15(9)6/h7-8,10,12H,1-6H3. The zero-order chi connectivity index (χ0) is 11.6. The van der Waals surface area contributed by atoms with E-state index < -0.39 is 0 Å². The molecule has 4 heteroatoms. The molecule has 1 rings (SSSR count). The molecule has 1 heterocycles. The highest BCUT2D eigenvalue weighted by Gasteiger charge is 2.33. The molecule has 0 aliphatic carbocycles. The number of nitrogens with one attached hydrogen (secondary N) is 1. The molecule has 4 nitrogen and oxygen atoms in total. The smallest absolute Gasteiger partial charge is 0.0670 e. The van der Waals surface area contributed by atoms with E-state index in [0.717, 1.165) is 0 Å². The van der Waals surface area contributed by atoms with Gasteiger partial charge in [-0.15, -0.1) is 0 Å². The van der Waals surface area contributed by atoms with Crippen LogP contribution in [0.5, 0.6) is 0 Å². The van der Waals surface area contributed by atoms with Crippen LogP contribution in [0, 0.1) is 0 Å². The summed E-state index contributed by atoms with van der Waals surface area (Å²) in [5.41, 5.74) is 1.25. The summed E-state index contributed by atoms with van der Waals surface area (Å²) in [6, 6.07) is 2.33. The molecule has 1 atom stereocenters. The lowest BCUT2D eigenvalue weighted by Crippen LogP contribution is -2.49. The highest BCUT2D eigenvalue weighted by Crippen LogP contribution is 2.28. The van der Waals surface area contributed by atoms with Crippen LogP contribution in [0.3, 0.4) is 0 Å². The van der Waals surface area contributed by atoms with Crippen LogP contribution in [0.1, 0.15) is 25.6 Å². The second kappa shape index (κ2) is 4.33. The van der Waals surface area contributed by atoms with Gasteiger partial charge in [-0.3, -0.25) is 4.68 Å². The molecule has 1 N–H and O–H groups in total. The molecule has 1 aromatic heterocycles. The van der Waals surface area contributed by atoms with E-state index in [2.05, 4.69) is 49.3 Å².